The molecule has 1 amide bonds. The van der Waals surface area contributed by atoms with Crippen molar-refractivity contribution < 1.29 is 4.79 Å². The molecule has 5 heteroatoms. The average Bonchev–Trinajstić information content (AvgIpc) is 2.89. The molecule has 0 atom stereocenters. The fourth-order valence-electron chi connectivity index (χ4n) is 2.91. The predicted molar refractivity (Wildman–Crippen MR) is 88.8 cm³/mol. The molecule has 1 aromatic carbocycles. The summed E-state index contributed by atoms with van der Waals surface area (Å²) in [7, 11) is 4.22. The Morgan fingerprint density at radius 2 is 2.00 bits per heavy atom. The third-order valence-electron chi connectivity index (χ3n) is 4.23. The second-order valence-electron chi connectivity index (χ2n) is 5.89. The molecule has 3 rings (SSSR count). The van der Waals surface area contributed by atoms with Crippen molar-refractivity contribution >= 4 is 33.0 Å². The Labute approximate surface area is 129 Å². The summed E-state index contributed by atoms with van der Waals surface area (Å²) < 4.78 is 1.12. The monoisotopic (exact) mass is 303 g/mol. The molecule has 4 nitrogen and oxygen atoms in total. The van der Waals surface area contributed by atoms with E-state index >= 15 is 0 Å². The number of amides is 1. The average molecular weight is 303 g/mol. The summed E-state index contributed by atoms with van der Waals surface area (Å²) in [6, 6.07) is 8.37. The number of piperidine rings is 1. The summed E-state index contributed by atoms with van der Waals surface area (Å²) in [6.45, 7) is 1.69. The topological polar surface area (TPSA) is 49.6 Å². The van der Waals surface area contributed by atoms with Crippen LogP contribution in [0, 0.1) is 0 Å². The summed E-state index contributed by atoms with van der Waals surface area (Å²) in [5, 5.41) is 1.06. The first-order valence-electron chi connectivity index (χ1n) is 7.29. The molecule has 0 spiro atoms. The normalized spacial score (nSPS) is 16.8. The van der Waals surface area contributed by atoms with E-state index in [4.69, 9.17) is 5.73 Å². The minimum absolute atomic E-state index is 0.159. The molecule has 1 aromatic heterocycles. The molecule has 0 unspecified atom stereocenters. The van der Waals surface area contributed by atoms with Crippen LogP contribution in [0.2, 0.25) is 0 Å². The van der Waals surface area contributed by atoms with Crippen molar-refractivity contribution in [3.8, 4) is 0 Å². The minimum Gasteiger partial charge on any atom is -0.399 e. The van der Waals surface area contributed by atoms with E-state index in [0.29, 0.717) is 6.04 Å². The molecule has 1 aliphatic heterocycles. The highest BCUT2D eigenvalue weighted by molar-refractivity contribution is 7.20. The SMILES string of the molecule is CN(C)C1CCN(C(=O)c2cc3cc(N)ccc3s2)CC1. The fraction of sp³-hybridized carbons (Fsp3) is 0.438. The number of likely N-dealkylation sites (tertiary alicyclic amines) is 1. The summed E-state index contributed by atoms with van der Waals surface area (Å²) >= 11 is 1.56. The second-order valence-corrected chi connectivity index (χ2v) is 6.98. The maximum absolute atomic E-state index is 12.6. The largest absolute Gasteiger partial charge is 0.399 e. The van der Waals surface area contributed by atoms with Gasteiger partial charge in [0.2, 0.25) is 0 Å². The number of fused-ring (bicyclic) bond motifs is 1. The molecule has 0 radical (unpaired) electrons. The second kappa shape index (κ2) is 5.66. The van der Waals surface area contributed by atoms with Crippen molar-refractivity contribution in [3.63, 3.8) is 0 Å². The number of anilines is 1. The van der Waals surface area contributed by atoms with Crippen molar-refractivity contribution in [3.05, 3.63) is 29.1 Å². The Balaban J connectivity index is 1.75. The van der Waals surface area contributed by atoms with E-state index in [-0.39, 0.29) is 5.91 Å². The Bertz CT molecular complexity index is 657. The molecule has 0 aliphatic carbocycles. The molecule has 1 fully saturated rings. The Kier molecular flexibility index (Phi) is 3.87. The summed E-state index contributed by atoms with van der Waals surface area (Å²) in [5.41, 5.74) is 6.54. The van der Waals surface area contributed by atoms with E-state index in [9.17, 15) is 4.79 Å². The van der Waals surface area contributed by atoms with Crippen LogP contribution < -0.4 is 5.73 Å². The van der Waals surface area contributed by atoms with Crippen LogP contribution in [0.4, 0.5) is 5.69 Å². The zero-order valence-electron chi connectivity index (χ0n) is 12.5. The van der Waals surface area contributed by atoms with E-state index in [1.165, 1.54) is 0 Å². The quantitative estimate of drug-likeness (QED) is 0.868. The molecule has 0 saturated carbocycles. The van der Waals surface area contributed by atoms with Gasteiger partial charge in [-0.2, -0.15) is 0 Å². The number of rotatable bonds is 2. The van der Waals surface area contributed by atoms with Gasteiger partial charge in [0.15, 0.2) is 0 Å². The Morgan fingerprint density at radius 1 is 1.29 bits per heavy atom. The lowest BCUT2D eigenvalue weighted by Crippen LogP contribution is -2.44. The van der Waals surface area contributed by atoms with Gasteiger partial charge < -0.3 is 15.5 Å². The van der Waals surface area contributed by atoms with Gasteiger partial charge in [0.25, 0.3) is 5.91 Å². The minimum atomic E-state index is 0.159. The molecule has 2 N–H and O–H groups in total. The van der Waals surface area contributed by atoms with E-state index in [1.807, 2.05) is 29.2 Å². The van der Waals surface area contributed by atoms with Gasteiger partial charge in [-0.15, -0.1) is 11.3 Å². The first-order chi connectivity index (χ1) is 10.0. The van der Waals surface area contributed by atoms with Crippen LogP contribution >= 0.6 is 11.3 Å². The predicted octanol–water partition coefficient (Wildman–Crippen LogP) is 2.65. The molecule has 1 aliphatic rings. The van der Waals surface area contributed by atoms with E-state index in [0.717, 1.165) is 46.6 Å². The zero-order valence-corrected chi connectivity index (χ0v) is 13.3. The number of benzene rings is 1. The van der Waals surface area contributed by atoms with Crippen LogP contribution in [0.1, 0.15) is 22.5 Å². The van der Waals surface area contributed by atoms with Gasteiger partial charge in [-0.3, -0.25) is 4.79 Å². The van der Waals surface area contributed by atoms with Crippen LogP contribution in [-0.2, 0) is 0 Å². The summed E-state index contributed by atoms with van der Waals surface area (Å²) in [4.78, 5) is 17.7. The Morgan fingerprint density at radius 3 is 2.67 bits per heavy atom. The maximum Gasteiger partial charge on any atom is 0.263 e. The van der Waals surface area contributed by atoms with Gasteiger partial charge in [0, 0.05) is 29.5 Å². The lowest BCUT2D eigenvalue weighted by molar-refractivity contribution is 0.0668. The van der Waals surface area contributed by atoms with Crippen molar-refractivity contribution in [2.75, 3.05) is 32.9 Å². The number of carbonyl (C=O) groups is 1. The molecule has 0 bridgehead atoms. The van der Waals surface area contributed by atoms with Crippen molar-refractivity contribution in [2.24, 2.45) is 0 Å². The first-order valence-corrected chi connectivity index (χ1v) is 8.11. The van der Waals surface area contributed by atoms with Gasteiger partial charge in [-0.1, -0.05) is 0 Å². The lowest BCUT2D eigenvalue weighted by atomic mass is 10.0. The maximum atomic E-state index is 12.6. The van der Waals surface area contributed by atoms with Crippen molar-refractivity contribution in [1.82, 2.24) is 9.80 Å². The number of hydrogen-bond donors (Lipinski definition) is 1. The van der Waals surface area contributed by atoms with Crippen molar-refractivity contribution in [1.29, 1.82) is 0 Å². The standard InChI is InChI=1S/C16H21N3OS/c1-18(2)13-5-7-19(8-6-13)16(20)15-10-11-9-12(17)3-4-14(11)21-15/h3-4,9-10,13H,5-8,17H2,1-2H3. The smallest absolute Gasteiger partial charge is 0.263 e. The number of nitrogens with two attached hydrogens (primary N) is 1. The van der Waals surface area contributed by atoms with Crippen LogP contribution in [0.5, 0.6) is 0 Å². The van der Waals surface area contributed by atoms with Crippen LogP contribution in [-0.4, -0.2) is 48.9 Å². The third-order valence-corrected chi connectivity index (χ3v) is 5.34. The van der Waals surface area contributed by atoms with Gasteiger partial charge in [0.05, 0.1) is 4.88 Å². The van der Waals surface area contributed by atoms with E-state index in [1.54, 1.807) is 11.3 Å². The van der Waals surface area contributed by atoms with Gasteiger partial charge in [-0.05, 0) is 56.6 Å². The van der Waals surface area contributed by atoms with Gasteiger partial charge in [-0.25, -0.2) is 0 Å². The van der Waals surface area contributed by atoms with Crippen molar-refractivity contribution in [2.45, 2.75) is 18.9 Å². The number of nitrogen functional groups attached to an aromatic ring is 1. The molecular weight excluding hydrogens is 282 g/mol. The molecule has 112 valence electrons. The summed E-state index contributed by atoms with van der Waals surface area (Å²) in [6.07, 6.45) is 2.10. The van der Waals surface area contributed by atoms with E-state index in [2.05, 4.69) is 19.0 Å². The molecule has 2 heterocycles. The molecular formula is C16H21N3OS. The molecule has 21 heavy (non-hydrogen) atoms. The fourth-order valence-corrected chi connectivity index (χ4v) is 3.92. The highest BCUT2D eigenvalue weighted by atomic mass is 32.1. The summed E-state index contributed by atoms with van der Waals surface area (Å²) in [5.74, 6) is 0.159. The van der Waals surface area contributed by atoms with E-state index < -0.39 is 0 Å². The molecule has 1 saturated heterocycles. The number of carbonyl (C=O) groups excluding carboxylic acids is 1. The third kappa shape index (κ3) is 2.89. The molecule has 2 aromatic rings. The Hall–Kier alpha value is -1.59. The number of thiophene rings is 1. The van der Waals surface area contributed by atoms with Crippen LogP contribution in [0.25, 0.3) is 10.1 Å². The van der Waals surface area contributed by atoms with Crippen LogP contribution in [0.15, 0.2) is 24.3 Å². The van der Waals surface area contributed by atoms with Gasteiger partial charge in [0.1, 0.15) is 0 Å². The highest BCUT2D eigenvalue weighted by Gasteiger charge is 2.25. The first kappa shape index (κ1) is 14.4. The zero-order chi connectivity index (χ0) is 15.0. The highest BCUT2D eigenvalue weighted by Crippen LogP contribution is 2.29. The lowest BCUT2D eigenvalue weighted by Gasteiger charge is -2.35. The van der Waals surface area contributed by atoms with Crippen LogP contribution in [0.3, 0.4) is 0 Å². The number of hydrogen-bond acceptors (Lipinski definition) is 4. The van der Waals surface area contributed by atoms with Gasteiger partial charge >= 0.3 is 0 Å². The number of nitrogens with zero attached hydrogens (tertiary/aromatic N) is 2.